The summed E-state index contributed by atoms with van der Waals surface area (Å²) >= 11 is 0. The van der Waals surface area contributed by atoms with Crippen LogP contribution >= 0.6 is 0 Å². The Bertz CT molecular complexity index is 3020. The van der Waals surface area contributed by atoms with Crippen molar-refractivity contribution in [2.24, 2.45) is 0 Å². The molecule has 9 aromatic carbocycles. The molecule has 0 N–H and O–H groups in total. The fourth-order valence-electron chi connectivity index (χ4n) is 9.91. The maximum atomic E-state index is 2.55. The molecule has 0 aromatic heterocycles. The Morgan fingerprint density at radius 1 is 0.296 bits per heavy atom. The summed E-state index contributed by atoms with van der Waals surface area (Å²) in [6.45, 7) is 9.67. The first-order valence-electron chi connectivity index (χ1n) is 19.3. The molecular weight excluding hydrogens is 649 g/mol. The van der Waals surface area contributed by atoms with Gasteiger partial charge in [-0.3, -0.25) is 0 Å². The Balaban J connectivity index is 1.03. The summed E-state index contributed by atoms with van der Waals surface area (Å²) in [4.78, 5) is 0. The van der Waals surface area contributed by atoms with Gasteiger partial charge in [0, 0.05) is 10.8 Å². The van der Waals surface area contributed by atoms with E-state index in [0.717, 1.165) is 0 Å². The van der Waals surface area contributed by atoms with Crippen LogP contribution in [0.5, 0.6) is 0 Å². The van der Waals surface area contributed by atoms with Gasteiger partial charge in [-0.05, 0) is 134 Å². The monoisotopic (exact) mass is 688 g/mol. The van der Waals surface area contributed by atoms with Crippen molar-refractivity contribution < 1.29 is 0 Å². The quantitative estimate of drug-likeness (QED) is 0.173. The molecule has 11 rings (SSSR count). The van der Waals surface area contributed by atoms with Crippen LogP contribution in [0, 0.1) is 0 Å². The molecule has 0 saturated heterocycles. The predicted octanol–water partition coefficient (Wildman–Crippen LogP) is 14.8. The first-order valence-corrected chi connectivity index (χ1v) is 19.3. The van der Waals surface area contributed by atoms with Gasteiger partial charge in [0.05, 0.1) is 0 Å². The predicted molar refractivity (Wildman–Crippen MR) is 230 cm³/mol. The molecule has 0 unspecified atom stereocenters. The van der Waals surface area contributed by atoms with Crippen molar-refractivity contribution in [1.82, 2.24) is 0 Å². The molecule has 0 aliphatic heterocycles. The molecule has 0 radical (unpaired) electrons. The highest BCUT2D eigenvalue weighted by molar-refractivity contribution is 6.13. The second kappa shape index (κ2) is 11.1. The molecule has 0 atom stereocenters. The fraction of sp³-hybridized carbons (Fsp3) is 0.111. The average Bonchev–Trinajstić information content (AvgIpc) is 3.44. The molecular formula is C54H40. The van der Waals surface area contributed by atoms with Crippen molar-refractivity contribution in [3.63, 3.8) is 0 Å². The van der Waals surface area contributed by atoms with Crippen LogP contribution < -0.4 is 0 Å². The third kappa shape index (κ3) is 4.37. The van der Waals surface area contributed by atoms with Gasteiger partial charge in [-0.25, -0.2) is 0 Å². The molecule has 256 valence electrons. The fourth-order valence-corrected chi connectivity index (χ4v) is 9.91. The third-order valence-electron chi connectivity index (χ3n) is 12.9. The zero-order chi connectivity index (χ0) is 36.3. The lowest BCUT2D eigenvalue weighted by Crippen LogP contribution is -2.24. The Morgan fingerprint density at radius 3 is 1.67 bits per heavy atom. The lowest BCUT2D eigenvalue weighted by Gasteiger charge is -2.36. The van der Waals surface area contributed by atoms with E-state index in [1.54, 1.807) is 0 Å². The highest BCUT2D eigenvalue weighted by Gasteiger charge is 2.41. The van der Waals surface area contributed by atoms with Gasteiger partial charge in [-0.1, -0.05) is 173 Å². The molecule has 54 heavy (non-hydrogen) atoms. The SMILES string of the molecule is CC1(C)c2cc(-c3ccc(-c4ccc5ccccc5c4)cc3)ccc2-c2c1cc1c3c(cccc23)C(C)(C)c2cc(-c3cccc4ccccc34)ccc2-1. The number of hydrogen-bond acceptors (Lipinski definition) is 0. The summed E-state index contributed by atoms with van der Waals surface area (Å²) in [5.74, 6) is 0. The van der Waals surface area contributed by atoms with Crippen molar-refractivity contribution in [2.45, 2.75) is 38.5 Å². The van der Waals surface area contributed by atoms with Crippen LogP contribution in [0.4, 0.5) is 0 Å². The van der Waals surface area contributed by atoms with Gasteiger partial charge < -0.3 is 0 Å². The molecule has 0 saturated carbocycles. The second-order valence-electron chi connectivity index (χ2n) is 16.5. The molecule has 0 spiro atoms. The zero-order valence-corrected chi connectivity index (χ0v) is 31.2. The number of fused-ring (bicyclic) bond motifs is 8. The van der Waals surface area contributed by atoms with Crippen molar-refractivity contribution >= 4 is 32.3 Å². The van der Waals surface area contributed by atoms with E-state index in [4.69, 9.17) is 0 Å². The minimum absolute atomic E-state index is 0.150. The topological polar surface area (TPSA) is 0 Å². The Kier molecular flexibility index (Phi) is 6.46. The molecule has 0 fully saturated rings. The molecule has 9 aromatic rings. The maximum absolute atomic E-state index is 2.55. The van der Waals surface area contributed by atoms with Crippen molar-refractivity contribution in [3.05, 3.63) is 192 Å². The molecule has 0 amide bonds. The zero-order valence-electron chi connectivity index (χ0n) is 31.2. The number of benzene rings is 9. The molecule has 0 nitrogen and oxygen atoms in total. The standard InChI is InChI=1S/C54H40/c1-53(2)47-18-10-17-45-51-44-28-25-39(35-21-19-34(20-22-35)38-24-23-33-11-5-6-13-37(33)29-38)30-49(44)54(3,4)50(51)32-46(52(45)47)43-27-26-40(31-48(43)53)42-16-9-14-36-12-7-8-15-41(36)42/h5-32H,1-4H3. The van der Waals surface area contributed by atoms with Gasteiger partial charge in [0.1, 0.15) is 0 Å². The van der Waals surface area contributed by atoms with E-state index in [-0.39, 0.29) is 10.8 Å². The van der Waals surface area contributed by atoms with Gasteiger partial charge in [-0.2, -0.15) is 0 Å². The molecule has 0 heterocycles. The van der Waals surface area contributed by atoms with Crippen LogP contribution in [0.2, 0.25) is 0 Å². The lowest BCUT2D eigenvalue weighted by atomic mass is 9.67. The van der Waals surface area contributed by atoms with E-state index in [2.05, 4.69) is 198 Å². The van der Waals surface area contributed by atoms with Crippen LogP contribution in [0.15, 0.2) is 170 Å². The van der Waals surface area contributed by atoms with Crippen molar-refractivity contribution in [2.75, 3.05) is 0 Å². The highest BCUT2D eigenvalue weighted by Crippen LogP contribution is 2.58. The Labute approximate surface area is 317 Å². The molecule has 2 aliphatic carbocycles. The second-order valence-corrected chi connectivity index (χ2v) is 16.5. The summed E-state index contributed by atoms with van der Waals surface area (Å²) < 4.78 is 0. The van der Waals surface area contributed by atoms with Crippen LogP contribution in [0.1, 0.15) is 49.9 Å². The molecule has 0 bridgehead atoms. The minimum Gasteiger partial charge on any atom is -0.0616 e. The smallest absolute Gasteiger partial charge is 0.0159 e. The molecule has 2 aliphatic rings. The van der Waals surface area contributed by atoms with Gasteiger partial charge in [0.2, 0.25) is 0 Å². The van der Waals surface area contributed by atoms with Gasteiger partial charge >= 0.3 is 0 Å². The maximum Gasteiger partial charge on any atom is 0.0159 e. The third-order valence-corrected chi connectivity index (χ3v) is 12.9. The van der Waals surface area contributed by atoms with Crippen LogP contribution in [-0.4, -0.2) is 0 Å². The summed E-state index contributed by atoms with van der Waals surface area (Å²) in [6.07, 6.45) is 0. The largest absolute Gasteiger partial charge is 0.0616 e. The van der Waals surface area contributed by atoms with Gasteiger partial charge in [0.25, 0.3) is 0 Å². The summed E-state index contributed by atoms with van der Waals surface area (Å²) in [6, 6.07) is 63.9. The summed E-state index contributed by atoms with van der Waals surface area (Å²) in [7, 11) is 0. The first-order chi connectivity index (χ1) is 26.3. The number of rotatable bonds is 3. The van der Waals surface area contributed by atoms with Crippen LogP contribution in [-0.2, 0) is 10.8 Å². The van der Waals surface area contributed by atoms with E-state index in [1.165, 1.54) is 110 Å². The van der Waals surface area contributed by atoms with E-state index in [9.17, 15) is 0 Å². The van der Waals surface area contributed by atoms with E-state index < -0.39 is 0 Å². The van der Waals surface area contributed by atoms with Crippen molar-refractivity contribution in [1.29, 1.82) is 0 Å². The first kappa shape index (κ1) is 31.3. The van der Waals surface area contributed by atoms with Crippen molar-refractivity contribution in [3.8, 4) is 55.6 Å². The lowest BCUT2D eigenvalue weighted by molar-refractivity contribution is 0.644. The summed E-state index contributed by atoms with van der Waals surface area (Å²) in [5, 5.41) is 7.90. The Morgan fingerprint density at radius 2 is 0.852 bits per heavy atom. The average molecular weight is 689 g/mol. The van der Waals surface area contributed by atoms with E-state index in [0.29, 0.717) is 0 Å². The minimum atomic E-state index is -0.156. The highest BCUT2D eigenvalue weighted by atomic mass is 14.4. The van der Waals surface area contributed by atoms with Gasteiger partial charge in [0.15, 0.2) is 0 Å². The summed E-state index contributed by atoms with van der Waals surface area (Å²) in [5.41, 5.74) is 18.4. The Hall–Kier alpha value is -6.24. The van der Waals surface area contributed by atoms with E-state index >= 15 is 0 Å². The number of hydrogen-bond donors (Lipinski definition) is 0. The van der Waals surface area contributed by atoms with Crippen LogP contribution in [0.25, 0.3) is 88.0 Å². The molecule has 0 heteroatoms. The normalized spacial score (nSPS) is 14.6. The van der Waals surface area contributed by atoms with Gasteiger partial charge in [-0.15, -0.1) is 0 Å². The van der Waals surface area contributed by atoms with Crippen LogP contribution in [0.3, 0.4) is 0 Å². The van der Waals surface area contributed by atoms with E-state index in [1.807, 2.05) is 0 Å².